The number of hydrogen-bond donors (Lipinski definition) is 0. The van der Waals surface area contributed by atoms with Gasteiger partial charge in [-0.2, -0.15) is 0 Å². The van der Waals surface area contributed by atoms with Crippen LogP contribution in [0.1, 0.15) is 24.5 Å². The van der Waals surface area contributed by atoms with Gasteiger partial charge in [0.2, 0.25) is 12.7 Å². The lowest BCUT2D eigenvalue weighted by Gasteiger charge is -2.21. The molecule has 4 nitrogen and oxygen atoms in total. The molecule has 0 radical (unpaired) electrons. The predicted molar refractivity (Wildman–Crippen MR) is 96.1 cm³/mol. The number of nitrogens with zero attached hydrogens (tertiary/aromatic N) is 1. The minimum absolute atomic E-state index is 0.162. The standard InChI is InChI=1S/C19H20BrNO3/c1-2-21(12-15-6-8-17-18(11-15)24-13-23-17)19(22)9-7-14-4-3-5-16(20)10-14/h3-6,8,10-11H,2,7,9,12-13H2,1H3. The molecule has 0 aliphatic carbocycles. The lowest BCUT2D eigenvalue weighted by atomic mass is 10.1. The van der Waals surface area contributed by atoms with Crippen molar-refractivity contribution in [2.45, 2.75) is 26.3 Å². The van der Waals surface area contributed by atoms with Gasteiger partial charge in [-0.25, -0.2) is 0 Å². The van der Waals surface area contributed by atoms with E-state index >= 15 is 0 Å². The summed E-state index contributed by atoms with van der Waals surface area (Å²) in [5, 5.41) is 0. The Hall–Kier alpha value is -2.01. The van der Waals surface area contributed by atoms with E-state index in [2.05, 4.69) is 22.0 Å². The van der Waals surface area contributed by atoms with E-state index in [-0.39, 0.29) is 12.7 Å². The van der Waals surface area contributed by atoms with Crippen LogP contribution in [-0.4, -0.2) is 24.1 Å². The van der Waals surface area contributed by atoms with Gasteiger partial charge in [0, 0.05) is 24.0 Å². The molecule has 0 saturated carbocycles. The molecule has 5 heteroatoms. The molecule has 3 rings (SSSR count). The summed E-state index contributed by atoms with van der Waals surface area (Å²) in [5.41, 5.74) is 2.22. The van der Waals surface area contributed by atoms with Gasteiger partial charge in [0.05, 0.1) is 0 Å². The Kier molecular flexibility index (Phi) is 5.41. The maximum atomic E-state index is 12.5. The largest absolute Gasteiger partial charge is 0.454 e. The van der Waals surface area contributed by atoms with Crippen LogP contribution in [0.2, 0.25) is 0 Å². The van der Waals surface area contributed by atoms with Crippen molar-refractivity contribution in [1.82, 2.24) is 4.90 Å². The first-order valence-electron chi connectivity index (χ1n) is 8.06. The number of benzene rings is 2. The van der Waals surface area contributed by atoms with Crippen LogP contribution >= 0.6 is 15.9 Å². The number of ether oxygens (including phenoxy) is 2. The second-order valence-electron chi connectivity index (χ2n) is 5.73. The summed E-state index contributed by atoms with van der Waals surface area (Å²) in [5.74, 6) is 1.68. The van der Waals surface area contributed by atoms with E-state index in [4.69, 9.17) is 9.47 Å². The summed E-state index contributed by atoms with van der Waals surface area (Å²) < 4.78 is 11.8. The summed E-state index contributed by atoms with van der Waals surface area (Å²) in [6, 6.07) is 13.9. The molecule has 0 spiro atoms. The molecular formula is C19H20BrNO3. The Balaban J connectivity index is 1.60. The minimum Gasteiger partial charge on any atom is -0.454 e. The fourth-order valence-electron chi connectivity index (χ4n) is 2.74. The average molecular weight is 390 g/mol. The number of carbonyl (C=O) groups excluding carboxylic acids is 1. The van der Waals surface area contributed by atoms with E-state index in [0.29, 0.717) is 19.5 Å². The Bertz CT molecular complexity index is 732. The van der Waals surface area contributed by atoms with Crippen LogP contribution in [0.3, 0.4) is 0 Å². The van der Waals surface area contributed by atoms with E-state index < -0.39 is 0 Å². The molecule has 0 N–H and O–H groups in total. The molecule has 0 bridgehead atoms. The Morgan fingerprint density at radius 1 is 1.12 bits per heavy atom. The highest BCUT2D eigenvalue weighted by Crippen LogP contribution is 2.32. The summed E-state index contributed by atoms with van der Waals surface area (Å²) >= 11 is 3.46. The molecule has 2 aromatic carbocycles. The van der Waals surface area contributed by atoms with Crippen LogP contribution in [0.15, 0.2) is 46.9 Å². The van der Waals surface area contributed by atoms with Gasteiger partial charge in [0.15, 0.2) is 11.5 Å². The third-order valence-electron chi connectivity index (χ3n) is 4.06. The third-order valence-corrected chi connectivity index (χ3v) is 4.55. The molecule has 24 heavy (non-hydrogen) atoms. The number of hydrogen-bond acceptors (Lipinski definition) is 3. The van der Waals surface area contributed by atoms with Crippen molar-refractivity contribution in [3.8, 4) is 11.5 Å². The van der Waals surface area contributed by atoms with Gasteiger partial charge in [-0.1, -0.05) is 34.1 Å². The van der Waals surface area contributed by atoms with Crippen LogP contribution in [0.4, 0.5) is 0 Å². The van der Waals surface area contributed by atoms with Crippen molar-refractivity contribution in [1.29, 1.82) is 0 Å². The quantitative estimate of drug-likeness (QED) is 0.744. The van der Waals surface area contributed by atoms with Gasteiger partial charge < -0.3 is 14.4 Å². The van der Waals surface area contributed by atoms with E-state index in [0.717, 1.165) is 33.5 Å². The maximum Gasteiger partial charge on any atom is 0.231 e. The van der Waals surface area contributed by atoms with Gasteiger partial charge in [-0.05, 0) is 48.7 Å². The number of rotatable bonds is 6. The fraction of sp³-hybridized carbons (Fsp3) is 0.316. The number of carbonyl (C=O) groups is 1. The van der Waals surface area contributed by atoms with Crippen LogP contribution in [-0.2, 0) is 17.8 Å². The average Bonchev–Trinajstić information content (AvgIpc) is 3.05. The second-order valence-corrected chi connectivity index (χ2v) is 6.64. The zero-order chi connectivity index (χ0) is 16.9. The van der Waals surface area contributed by atoms with Gasteiger partial charge in [-0.15, -0.1) is 0 Å². The molecule has 0 aromatic heterocycles. The molecule has 0 fully saturated rings. The number of amides is 1. The first kappa shape index (κ1) is 16.8. The lowest BCUT2D eigenvalue weighted by molar-refractivity contribution is -0.131. The third kappa shape index (κ3) is 4.09. The number of fused-ring (bicyclic) bond motifs is 1. The first-order valence-corrected chi connectivity index (χ1v) is 8.85. The monoisotopic (exact) mass is 389 g/mol. The van der Waals surface area contributed by atoms with Gasteiger partial charge in [-0.3, -0.25) is 4.79 Å². The highest BCUT2D eigenvalue weighted by Gasteiger charge is 2.16. The Morgan fingerprint density at radius 3 is 2.75 bits per heavy atom. The van der Waals surface area contributed by atoms with Crippen molar-refractivity contribution in [2.24, 2.45) is 0 Å². The molecule has 0 atom stereocenters. The molecule has 2 aromatic rings. The van der Waals surface area contributed by atoms with Crippen LogP contribution in [0.5, 0.6) is 11.5 Å². The summed E-state index contributed by atoms with van der Waals surface area (Å²) in [6.45, 7) is 3.54. The van der Waals surface area contributed by atoms with Gasteiger partial charge in [0.25, 0.3) is 0 Å². The SMILES string of the molecule is CCN(Cc1ccc2c(c1)OCO2)C(=O)CCc1cccc(Br)c1. The van der Waals surface area contributed by atoms with Crippen LogP contribution in [0, 0.1) is 0 Å². The molecule has 0 saturated heterocycles. The normalized spacial score (nSPS) is 12.2. The Labute approximate surface area is 150 Å². The van der Waals surface area contributed by atoms with E-state index in [9.17, 15) is 4.79 Å². The van der Waals surface area contributed by atoms with E-state index in [1.54, 1.807) is 0 Å². The maximum absolute atomic E-state index is 12.5. The molecule has 1 heterocycles. The van der Waals surface area contributed by atoms with Crippen molar-refractivity contribution in [2.75, 3.05) is 13.3 Å². The van der Waals surface area contributed by atoms with Crippen molar-refractivity contribution < 1.29 is 14.3 Å². The molecular weight excluding hydrogens is 370 g/mol. The van der Waals surface area contributed by atoms with Crippen LogP contribution in [0.25, 0.3) is 0 Å². The number of aryl methyl sites for hydroxylation is 1. The summed E-state index contributed by atoms with van der Waals surface area (Å²) in [7, 11) is 0. The highest BCUT2D eigenvalue weighted by molar-refractivity contribution is 9.10. The molecule has 1 amide bonds. The topological polar surface area (TPSA) is 38.8 Å². The van der Waals surface area contributed by atoms with Gasteiger partial charge in [0.1, 0.15) is 0 Å². The zero-order valence-electron chi connectivity index (χ0n) is 13.6. The second kappa shape index (κ2) is 7.71. The van der Waals surface area contributed by atoms with Crippen molar-refractivity contribution >= 4 is 21.8 Å². The van der Waals surface area contributed by atoms with E-state index in [1.165, 1.54) is 0 Å². The molecule has 0 unspecified atom stereocenters. The molecule has 1 aliphatic rings. The highest BCUT2D eigenvalue weighted by atomic mass is 79.9. The zero-order valence-corrected chi connectivity index (χ0v) is 15.2. The van der Waals surface area contributed by atoms with Gasteiger partial charge >= 0.3 is 0 Å². The predicted octanol–water partition coefficient (Wildman–Crippen LogP) is 4.16. The summed E-state index contributed by atoms with van der Waals surface area (Å²) in [4.78, 5) is 14.4. The lowest BCUT2D eigenvalue weighted by Crippen LogP contribution is -2.30. The van der Waals surface area contributed by atoms with Crippen molar-refractivity contribution in [3.63, 3.8) is 0 Å². The molecule has 126 valence electrons. The number of halogens is 1. The van der Waals surface area contributed by atoms with Crippen molar-refractivity contribution in [3.05, 3.63) is 58.1 Å². The Morgan fingerprint density at radius 2 is 1.96 bits per heavy atom. The summed E-state index contributed by atoms with van der Waals surface area (Å²) in [6.07, 6.45) is 1.25. The minimum atomic E-state index is 0.162. The molecule has 1 aliphatic heterocycles. The van der Waals surface area contributed by atoms with E-state index in [1.807, 2.05) is 48.2 Å². The first-order chi connectivity index (χ1) is 11.7. The fourth-order valence-corrected chi connectivity index (χ4v) is 3.18. The smallest absolute Gasteiger partial charge is 0.231 e. The van der Waals surface area contributed by atoms with Crippen LogP contribution < -0.4 is 9.47 Å².